The summed E-state index contributed by atoms with van der Waals surface area (Å²) < 4.78 is 0. The van der Waals surface area contributed by atoms with Crippen LogP contribution in [0, 0.1) is 0 Å². The number of carboxylic acids is 1. The summed E-state index contributed by atoms with van der Waals surface area (Å²) in [6, 6.07) is 9.39. The second-order valence-corrected chi connectivity index (χ2v) is 5.66. The molecule has 4 nitrogen and oxygen atoms in total. The van der Waals surface area contributed by atoms with E-state index in [0.717, 1.165) is 31.2 Å². The first kappa shape index (κ1) is 15.0. The van der Waals surface area contributed by atoms with Gasteiger partial charge in [-0.05, 0) is 25.5 Å². The van der Waals surface area contributed by atoms with Crippen LogP contribution in [0.4, 0.5) is 0 Å². The number of benzene rings is 1. The van der Waals surface area contributed by atoms with Crippen molar-refractivity contribution in [1.29, 1.82) is 0 Å². The van der Waals surface area contributed by atoms with E-state index in [1.807, 2.05) is 42.3 Å². The molecule has 1 aromatic carbocycles. The Bertz CT molecular complexity index is 435. The maximum absolute atomic E-state index is 11.5. The Morgan fingerprint density at radius 2 is 1.95 bits per heavy atom. The normalized spacial score (nSPS) is 24.6. The summed E-state index contributed by atoms with van der Waals surface area (Å²) in [5.41, 5.74) is 0.817. The topological polar surface area (TPSA) is 60.8 Å². The molecule has 4 heteroatoms. The molecule has 0 aliphatic heterocycles. The summed E-state index contributed by atoms with van der Waals surface area (Å²) in [7, 11) is 1.91. The van der Waals surface area contributed by atoms with Crippen molar-refractivity contribution in [3.63, 3.8) is 0 Å². The van der Waals surface area contributed by atoms with E-state index in [0.29, 0.717) is 6.54 Å². The fourth-order valence-corrected chi connectivity index (χ4v) is 3.04. The summed E-state index contributed by atoms with van der Waals surface area (Å²) in [4.78, 5) is 13.5. The number of carboxylic acid groups (broad SMARTS) is 1. The molecule has 0 bridgehead atoms. The minimum absolute atomic E-state index is 0.0781. The van der Waals surface area contributed by atoms with E-state index in [2.05, 4.69) is 0 Å². The number of rotatable bonds is 5. The Morgan fingerprint density at radius 3 is 2.55 bits per heavy atom. The number of carbonyl (C=O) groups is 1. The Labute approximate surface area is 120 Å². The van der Waals surface area contributed by atoms with Crippen LogP contribution < -0.4 is 0 Å². The third-order valence-corrected chi connectivity index (χ3v) is 4.23. The highest BCUT2D eigenvalue weighted by atomic mass is 16.4. The summed E-state index contributed by atoms with van der Waals surface area (Å²) >= 11 is 0. The first-order valence-corrected chi connectivity index (χ1v) is 7.25. The van der Waals surface area contributed by atoms with Gasteiger partial charge in [-0.1, -0.05) is 43.2 Å². The predicted octanol–water partition coefficient (Wildman–Crippen LogP) is 2.09. The molecule has 0 aromatic heterocycles. The second kappa shape index (κ2) is 6.86. The molecule has 1 aliphatic carbocycles. The number of aliphatic hydroxyl groups excluding tert-OH is 1. The van der Waals surface area contributed by atoms with Crippen LogP contribution in [-0.4, -0.2) is 46.8 Å². The van der Waals surface area contributed by atoms with Gasteiger partial charge >= 0.3 is 5.97 Å². The molecule has 1 aliphatic rings. The fourth-order valence-electron chi connectivity index (χ4n) is 3.04. The molecule has 110 valence electrons. The average molecular weight is 277 g/mol. The van der Waals surface area contributed by atoms with Crippen LogP contribution in [-0.2, 0) is 4.79 Å². The molecule has 0 heterocycles. The van der Waals surface area contributed by atoms with Gasteiger partial charge in [0.25, 0.3) is 0 Å². The van der Waals surface area contributed by atoms with Gasteiger partial charge in [0.05, 0.1) is 12.0 Å². The third-order valence-electron chi connectivity index (χ3n) is 4.23. The molecule has 2 N–H and O–H groups in total. The van der Waals surface area contributed by atoms with Crippen molar-refractivity contribution in [2.24, 2.45) is 0 Å². The highest BCUT2D eigenvalue weighted by Crippen LogP contribution is 2.25. The maximum atomic E-state index is 11.5. The molecule has 0 spiro atoms. The molecule has 1 aromatic rings. The zero-order chi connectivity index (χ0) is 14.5. The molecule has 0 saturated heterocycles. The van der Waals surface area contributed by atoms with E-state index >= 15 is 0 Å². The van der Waals surface area contributed by atoms with Crippen LogP contribution in [0.3, 0.4) is 0 Å². The van der Waals surface area contributed by atoms with Crippen LogP contribution in [0.25, 0.3) is 0 Å². The van der Waals surface area contributed by atoms with E-state index in [4.69, 9.17) is 0 Å². The molecule has 0 radical (unpaired) electrons. The number of hydrogen-bond acceptors (Lipinski definition) is 3. The number of nitrogens with zero attached hydrogens (tertiary/aromatic N) is 1. The van der Waals surface area contributed by atoms with Crippen LogP contribution in [0.15, 0.2) is 30.3 Å². The molecule has 2 rings (SSSR count). The molecule has 1 saturated carbocycles. The minimum Gasteiger partial charge on any atom is -0.481 e. The first-order valence-electron chi connectivity index (χ1n) is 7.25. The molecular formula is C16H23NO3. The third kappa shape index (κ3) is 3.58. The number of hydrogen-bond donors (Lipinski definition) is 2. The largest absolute Gasteiger partial charge is 0.481 e. The minimum atomic E-state index is -0.812. The van der Waals surface area contributed by atoms with Crippen molar-refractivity contribution < 1.29 is 15.0 Å². The van der Waals surface area contributed by atoms with Crippen LogP contribution >= 0.6 is 0 Å². The summed E-state index contributed by atoms with van der Waals surface area (Å²) in [5, 5.41) is 19.5. The lowest BCUT2D eigenvalue weighted by Gasteiger charge is -2.36. The molecule has 3 unspecified atom stereocenters. The van der Waals surface area contributed by atoms with E-state index in [9.17, 15) is 15.0 Å². The Morgan fingerprint density at radius 1 is 1.30 bits per heavy atom. The Balaban J connectivity index is 2.06. The second-order valence-electron chi connectivity index (χ2n) is 5.66. The van der Waals surface area contributed by atoms with Gasteiger partial charge in [-0.2, -0.15) is 0 Å². The molecule has 1 fully saturated rings. The monoisotopic (exact) mass is 277 g/mol. The van der Waals surface area contributed by atoms with Crippen molar-refractivity contribution in [3.8, 4) is 0 Å². The summed E-state index contributed by atoms with van der Waals surface area (Å²) in [6.07, 6.45) is 3.59. The smallest absolute Gasteiger partial charge is 0.312 e. The lowest BCUT2D eigenvalue weighted by molar-refractivity contribution is -0.139. The van der Waals surface area contributed by atoms with Gasteiger partial charge in [0.2, 0.25) is 0 Å². The van der Waals surface area contributed by atoms with Gasteiger partial charge in [-0.3, -0.25) is 9.69 Å². The SMILES string of the molecule is CN(CC(C(=O)O)c1ccccc1)C1CCCCC1O. The number of likely N-dealkylation sites (N-methyl/N-ethyl adjacent to an activating group) is 1. The van der Waals surface area contributed by atoms with Crippen molar-refractivity contribution in [2.75, 3.05) is 13.6 Å². The quantitative estimate of drug-likeness (QED) is 0.865. The zero-order valence-electron chi connectivity index (χ0n) is 11.9. The standard InChI is InChI=1S/C16H23NO3/c1-17(14-9-5-6-10-15(14)18)11-13(16(19)20)12-7-3-2-4-8-12/h2-4,7-8,13-15,18H,5-6,9-11H2,1H3,(H,19,20). The van der Waals surface area contributed by atoms with Crippen molar-refractivity contribution >= 4 is 5.97 Å². The van der Waals surface area contributed by atoms with E-state index < -0.39 is 11.9 Å². The Kier molecular flexibility index (Phi) is 5.15. The molecule has 3 atom stereocenters. The summed E-state index contributed by atoms with van der Waals surface area (Å²) in [6.45, 7) is 0.432. The highest BCUT2D eigenvalue weighted by Gasteiger charge is 2.30. The number of aliphatic carboxylic acids is 1. The van der Waals surface area contributed by atoms with E-state index in [1.54, 1.807) is 0 Å². The lowest BCUT2D eigenvalue weighted by atomic mass is 9.90. The van der Waals surface area contributed by atoms with Crippen molar-refractivity contribution in [1.82, 2.24) is 4.90 Å². The fraction of sp³-hybridized carbons (Fsp3) is 0.562. The summed E-state index contributed by atoms with van der Waals surface area (Å²) in [5.74, 6) is -1.36. The van der Waals surface area contributed by atoms with Crippen LogP contribution in [0.5, 0.6) is 0 Å². The van der Waals surface area contributed by atoms with Crippen LogP contribution in [0.2, 0.25) is 0 Å². The lowest BCUT2D eigenvalue weighted by Crippen LogP contribution is -2.45. The van der Waals surface area contributed by atoms with Crippen LogP contribution in [0.1, 0.15) is 37.2 Å². The van der Waals surface area contributed by atoms with E-state index in [1.165, 1.54) is 0 Å². The maximum Gasteiger partial charge on any atom is 0.312 e. The number of aliphatic hydroxyl groups is 1. The van der Waals surface area contributed by atoms with Crippen molar-refractivity contribution in [2.45, 2.75) is 43.7 Å². The van der Waals surface area contributed by atoms with Crippen molar-refractivity contribution in [3.05, 3.63) is 35.9 Å². The molecule has 20 heavy (non-hydrogen) atoms. The van der Waals surface area contributed by atoms with Gasteiger partial charge in [-0.25, -0.2) is 0 Å². The predicted molar refractivity (Wildman–Crippen MR) is 77.7 cm³/mol. The van der Waals surface area contributed by atoms with Gasteiger partial charge in [0.15, 0.2) is 0 Å². The first-order chi connectivity index (χ1) is 9.59. The molecule has 0 amide bonds. The van der Waals surface area contributed by atoms with Gasteiger partial charge in [0.1, 0.15) is 0 Å². The Hall–Kier alpha value is -1.39. The molecular weight excluding hydrogens is 254 g/mol. The van der Waals surface area contributed by atoms with Gasteiger partial charge in [0, 0.05) is 12.6 Å². The average Bonchev–Trinajstić information content (AvgIpc) is 2.45. The van der Waals surface area contributed by atoms with Gasteiger partial charge in [-0.15, -0.1) is 0 Å². The van der Waals surface area contributed by atoms with E-state index in [-0.39, 0.29) is 12.1 Å². The highest BCUT2D eigenvalue weighted by molar-refractivity contribution is 5.76. The van der Waals surface area contributed by atoms with Gasteiger partial charge < -0.3 is 10.2 Å². The zero-order valence-corrected chi connectivity index (χ0v) is 11.9.